The van der Waals surface area contributed by atoms with Crippen molar-refractivity contribution in [3.8, 4) is 0 Å². The van der Waals surface area contributed by atoms with Crippen molar-refractivity contribution in [1.82, 2.24) is 5.32 Å². The maximum Gasteiger partial charge on any atom is 0.227 e. The van der Waals surface area contributed by atoms with E-state index in [4.69, 9.17) is 5.73 Å². The molecule has 1 aromatic rings. The van der Waals surface area contributed by atoms with Crippen molar-refractivity contribution < 1.29 is 9.59 Å². The smallest absolute Gasteiger partial charge is 0.227 e. The highest BCUT2D eigenvalue weighted by Crippen LogP contribution is 2.23. The zero-order chi connectivity index (χ0) is 15.2. The van der Waals surface area contributed by atoms with Crippen LogP contribution in [0.1, 0.15) is 44.2 Å². The number of hydrogen-bond donors (Lipinski definition) is 2. The molecule has 1 aliphatic heterocycles. The second kappa shape index (κ2) is 7.22. The van der Waals surface area contributed by atoms with E-state index in [1.807, 2.05) is 36.1 Å². The Labute approximate surface area is 125 Å². The van der Waals surface area contributed by atoms with E-state index in [9.17, 15) is 9.59 Å². The van der Waals surface area contributed by atoms with Crippen molar-refractivity contribution in [2.24, 2.45) is 5.73 Å². The molecule has 1 unspecified atom stereocenters. The van der Waals surface area contributed by atoms with Crippen molar-refractivity contribution in [2.75, 3.05) is 18.0 Å². The highest BCUT2D eigenvalue weighted by Gasteiger charge is 2.21. The van der Waals surface area contributed by atoms with Crippen molar-refractivity contribution in [3.63, 3.8) is 0 Å². The highest BCUT2D eigenvalue weighted by molar-refractivity contribution is 5.95. The molecule has 3 N–H and O–H groups in total. The lowest BCUT2D eigenvalue weighted by molar-refractivity contribution is -0.121. The fraction of sp³-hybridized carbons (Fsp3) is 0.500. The van der Waals surface area contributed by atoms with E-state index in [0.29, 0.717) is 25.8 Å². The molecule has 1 atom stereocenters. The highest BCUT2D eigenvalue weighted by atomic mass is 16.2. The number of nitrogens with zero attached hydrogens (tertiary/aromatic N) is 1. The molecule has 5 heteroatoms. The average molecular weight is 289 g/mol. The van der Waals surface area contributed by atoms with E-state index in [0.717, 1.165) is 24.2 Å². The zero-order valence-corrected chi connectivity index (χ0v) is 12.5. The minimum atomic E-state index is -0.0430. The molecule has 1 heterocycles. The molecule has 1 aliphatic rings. The molecule has 114 valence electrons. The van der Waals surface area contributed by atoms with Crippen LogP contribution in [0, 0.1) is 0 Å². The molecule has 1 saturated heterocycles. The second-order valence-corrected chi connectivity index (χ2v) is 5.42. The third kappa shape index (κ3) is 4.04. The van der Waals surface area contributed by atoms with Crippen LogP contribution in [0.25, 0.3) is 0 Å². The van der Waals surface area contributed by atoms with Crippen molar-refractivity contribution >= 4 is 17.5 Å². The Morgan fingerprint density at radius 3 is 2.67 bits per heavy atom. The maximum atomic E-state index is 11.7. The van der Waals surface area contributed by atoms with Gasteiger partial charge in [0.15, 0.2) is 0 Å². The quantitative estimate of drug-likeness (QED) is 0.837. The van der Waals surface area contributed by atoms with E-state index >= 15 is 0 Å². The largest absolute Gasteiger partial charge is 0.350 e. The van der Waals surface area contributed by atoms with E-state index in [1.165, 1.54) is 0 Å². The van der Waals surface area contributed by atoms with E-state index in [1.54, 1.807) is 0 Å². The van der Waals surface area contributed by atoms with Crippen LogP contribution >= 0.6 is 0 Å². The molecule has 2 rings (SSSR count). The predicted octanol–water partition coefficient (Wildman–Crippen LogP) is 1.73. The third-order valence-electron chi connectivity index (χ3n) is 3.76. The summed E-state index contributed by atoms with van der Waals surface area (Å²) < 4.78 is 0. The molecular formula is C16H23N3O2. The monoisotopic (exact) mass is 289 g/mol. The van der Waals surface area contributed by atoms with Crippen LogP contribution in [0.2, 0.25) is 0 Å². The Hall–Kier alpha value is -1.88. The van der Waals surface area contributed by atoms with Gasteiger partial charge in [0.25, 0.3) is 0 Å². The van der Waals surface area contributed by atoms with Crippen LogP contribution in [-0.4, -0.2) is 24.9 Å². The number of anilines is 1. The molecule has 0 spiro atoms. The predicted molar refractivity (Wildman–Crippen MR) is 82.9 cm³/mol. The minimum absolute atomic E-state index is 0.0201. The Balaban J connectivity index is 1.95. The summed E-state index contributed by atoms with van der Waals surface area (Å²) in [6.07, 6.45) is 2.72. The number of nitrogens with two attached hydrogens (primary N) is 1. The average Bonchev–Trinajstić information content (AvgIpc) is 2.91. The van der Waals surface area contributed by atoms with Crippen LogP contribution in [0.5, 0.6) is 0 Å². The number of carbonyl (C=O) groups is 2. The van der Waals surface area contributed by atoms with Gasteiger partial charge >= 0.3 is 0 Å². The standard InChI is InChI=1S/C16H23N3O2/c1-12(18-15(20)4-2-10-17)13-6-8-14(9-7-13)19-11-3-5-16(19)21/h6-9,12H,2-5,10-11,17H2,1H3,(H,18,20). The second-order valence-electron chi connectivity index (χ2n) is 5.42. The number of hydrogen-bond acceptors (Lipinski definition) is 3. The van der Waals surface area contributed by atoms with Crippen molar-refractivity contribution in [2.45, 2.75) is 38.6 Å². The first kappa shape index (κ1) is 15.5. The number of amides is 2. The molecule has 1 aromatic carbocycles. The number of nitrogens with one attached hydrogen (secondary N) is 1. The summed E-state index contributed by atoms with van der Waals surface area (Å²) in [5.41, 5.74) is 7.36. The first-order chi connectivity index (χ1) is 10.1. The van der Waals surface area contributed by atoms with Gasteiger partial charge in [-0.3, -0.25) is 9.59 Å². The molecule has 0 aromatic heterocycles. The van der Waals surface area contributed by atoms with Gasteiger partial charge in [-0.2, -0.15) is 0 Å². The summed E-state index contributed by atoms with van der Waals surface area (Å²) in [4.78, 5) is 25.2. The maximum absolute atomic E-state index is 11.7. The summed E-state index contributed by atoms with van der Waals surface area (Å²) in [6.45, 7) is 3.28. The third-order valence-corrected chi connectivity index (χ3v) is 3.76. The molecule has 5 nitrogen and oxygen atoms in total. The summed E-state index contributed by atoms with van der Waals surface area (Å²) in [5, 5.41) is 2.95. The van der Waals surface area contributed by atoms with Gasteiger partial charge in [0, 0.05) is 25.1 Å². The minimum Gasteiger partial charge on any atom is -0.350 e. The SMILES string of the molecule is CC(NC(=O)CCCN)c1ccc(N2CCCC2=O)cc1. The Morgan fingerprint density at radius 2 is 2.10 bits per heavy atom. The summed E-state index contributed by atoms with van der Waals surface area (Å²) >= 11 is 0. The fourth-order valence-electron chi connectivity index (χ4n) is 2.52. The number of benzene rings is 1. The van der Waals surface area contributed by atoms with Crippen LogP contribution in [0.4, 0.5) is 5.69 Å². The summed E-state index contributed by atoms with van der Waals surface area (Å²) in [5.74, 6) is 0.206. The summed E-state index contributed by atoms with van der Waals surface area (Å²) in [6, 6.07) is 7.78. The molecule has 2 amide bonds. The number of rotatable bonds is 6. The van der Waals surface area contributed by atoms with Gasteiger partial charge in [-0.25, -0.2) is 0 Å². The summed E-state index contributed by atoms with van der Waals surface area (Å²) in [7, 11) is 0. The van der Waals surface area contributed by atoms with Gasteiger partial charge in [-0.05, 0) is 44.0 Å². The lowest BCUT2D eigenvalue weighted by Crippen LogP contribution is -2.27. The molecule has 0 aliphatic carbocycles. The van der Waals surface area contributed by atoms with Gasteiger partial charge < -0.3 is 16.0 Å². The molecule has 1 fully saturated rings. The van der Waals surface area contributed by atoms with E-state index in [2.05, 4.69) is 5.32 Å². The Kier molecular flexibility index (Phi) is 5.33. The van der Waals surface area contributed by atoms with Gasteiger partial charge in [0.05, 0.1) is 6.04 Å². The molecular weight excluding hydrogens is 266 g/mol. The number of carbonyl (C=O) groups excluding carboxylic acids is 2. The Morgan fingerprint density at radius 1 is 1.38 bits per heavy atom. The van der Waals surface area contributed by atoms with Gasteiger partial charge in [0.1, 0.15) is 0 Å². The van der Waals surface area contributed by atoms with Gasteiger partial charge in [-0.1, -0.05) is 12.1 Å². The van der Waals surface area contributed by atoms with Crippen molar-refractivity contribution in [3.05, 3.63) is 29.8 Å². The first-order valence-corrected chi connectivity index (χ1v) is 7.51. The molecule has 0 radical (unpaired) electrons. The lowest BCUT2D eigenvalue weighted by atomic mass is 10.1. The fourth-order valence-corrected chi connectivity index (χ4v) is 2.52. The van der Waals surface area contributed by atoms with E-state index < -0.39 is 0 Å². The van der Waals surface area contributed by atoms with E-state index in [-0.39, 0.29) is 17.9 Å². The Bertz CT molecular complexity index is 499. The molecule has 21 heavy (non-hydrogen) atoms. The van der Waals surface area contributed by atoms with Gasteiger partial charge in [-0.15, -0.1) is 0 Å². The molecule has 0 saturated carbocycles. The van der Waals surface area contributed by atoms with Crippen LogP contribution in [0.15, 0.2) is 24.3 Å². The normalized spacial score (nSPS) is 16.1. The van der Waals surface area contributed by atoms with Crippen molar-refractivity contribution in [1.29, 1.82) is 0 Å². The van der Waals surface area contributed by atoms with Crippen LogP contribution < -0.4 is 16.0 Å². The zero-order valence-electron chi connectivity index (χ0n) is 12.5. The van der Waals surface area contributed by atoms with Gasteiger partial charge in [0.2, 0.25) is 11.8 Å². The topological polar surface area (TPSA) is 75.4 Å². The molecule has 0 bridgehead atoms. The van der Waals surface area contributed by atoms with Crippen LogP contribution in [-0.2, 0) is 9.59 Å². The first-order valence-electron chi connectivity index (χ1n) is 7.51. The van der Waals surface area contributed by atoms with Crippen LogP contribution in [0.3, 0.4) is 0 Å². The lowest BCUT2D eigenvalue weighted by Gasteiger charge is -2.18.